The Hall–Kier alpha value is -2.74. The number of anilines is 1. The maximum absolute atomic E-state index is 12.2. The average Bonchev–Trinajstić information content (AvgIpc) is 2.58. The largest absolute Gasteiger partial charge is 0.506 e. The number of amides is 1. The Morgan fingerprint density at radius 1 is 1.30 bits per heavy atom. The van der Waals surface area contributed by atoms with Gasteiger partial charge in [-0.15, -0.1) is 0 Å². The molecular formula is C15H13IN4O6S. The standard InChI is InChI=1S/C15H13IN4O6S/c1-9(21)18-11-2-4-13(5-3-11)27(25,26)19-17-8-10-6-12(20(23)24)7-14(16)15(10)22/h2-8,19,22H,1H3,(H,18,21). The molecule has 0 fully saturated rings. The molecule has 0 atom stereocenters. The van der Waals surface area contributed by atoms with Crippen molar-refractivity contribution in [3.8, 4) is 5.75 Å². The maximum atomic E-state index is 12.2. The summed E-state index contributed by atoms with van der Waals surface area (Å²) in [7, 11) is -4.00. The van der Waals surface area contributed by atoms with Gasteiger partial charge in [0.2, 0.25) is 5.91 Å². The molecule has 3 N–H and O–H groups in total. The van der Waals surface area contributed by atoms with Crippen LogP contribution in [0.25, 0.3) is 0 Å². The van der Waals surface area contributed by atoms with Crippen LogP contribution in [0.15, 0.2) is 46.4 Å². The smallest absolute Gasteiger partial charge is 0.276 e. The number of sulfonamides is 1. The van der Waals surface area contributed by atoms with E-state index in [0.717, 1.165) is 12.3 Å². The fraction of sp³-hybridized carbons (Fsp3) is 0.0667. The van der Waals surface area contributed by atoms with Gasteiger partial charge in [-0.3, -0.25) is 14.9 Å². The average molecular weight is 504 g/mol. The van der Waals surface area contributed by atoms with Crippen LogP contribution in [-0.2, 0) is 14.8 Å². The normalized spacial score (nSPS) is 11.3. The van der Waals surface area contributed by atoms with Crippen molar-refractivity contribution in [1.29, 1.82) is 0 Å². The molecule has 142 valence electrons. The number of nitrogens with one attached hydrogen (secondary N) is 2. The second-order valence-corrected chi connectivity index (χ2v) is 8.00. The minimum absolute atomic E-state index is 0.0164. The Morgan fingerprint density at radius 2 is 1.93 bits per heavy atom. The van der Waals surface area contributed by atoms with Crippen molar-refractivity contribution in [2.24, 2.45) is 5.10 Å². The van der Waals surface area contributed by atoms with Crippen LogP contribution in [0.3, 0.4) is 0 Å². The van der Waals surface area contributed by atoms with Crippen molar-refractivity contribution in [2.45, 2.75) is 11.8 Å². The Kier molecular flexibility index (Phi) is 6.32. The van der Waals surface area contributed by atoms with Crippen molar-refractivity contribution in [2.75, 3.05) is 5.32 Å². The third kappa shape index (κ3) is 5.37. The summed E-state index contributed by atoms with van der Waals surface area (Å²) < 4.78 is 24.6. The zero-order valence-corrected chi connectivity index (χ0v) is 16.7. The van der Waals surface area contributed by atoms with Crippen LogP contribution in [0.2, 0.25) is 0 Å². The summed E-state index contributed by atoms with van der Waals surface area (Å²) >= 11 is 1.71. The molecule has 12 heteroatoms. The second-order valence-electron chi connectivity index (χ2n) is 5.18. The van der Waals surface area contributed by atoms with Crippen molar-refractivity contribution in [1.82, 2.24) is 4.83 Å². The third-order valence-corrected chi connectivity index (χ3v) is 5.21. The molecule has 10 nitrogen and oxygen atoms in total. The molecule has 0 saturated heterocycles. The highest BCUT2D eigenvalue weighted by atomic mass is 127. The molecule has 0 bridgehead atoms. The molecule has 0 aliphatic rings. The van der Waals surface area contributed by atoms with Crippen LogP contribution in [0.5, 0.6) is 5.75 Å². The zero-order chi connectivity index (χ0) is 20.2. The molecule has 1 amide bonds. The van der Waals surface area contributed by atoms with E-state index in [-0.39, 0.29) is 31.4 Å². The van der Waals surface area contributed by atoms with Gasteiger partial charge >= 0.3 is 0 Å². The van der Waals surface area contributed by atoms with E-state index in [9.17, 15) is 28.4 Å². The molecular weight excluding hydrogens is 491 g/mol. The molecule has 0 radical (unpaired) electrons. The molecule has 0 spiro atoms. The molecule has 0 unspecified atom stereocenters. The predicted octanol–water partition coefficient (Wildman–Crippen LogP) is 2.18. The lowest BCUT2D eigenvalue weighted by molar-refractivity contribution is -0.385. The SMILES string of the molecule is CC(=O)Nc1ccc(S(=O)(=O)NN=Cc2cc([N+](=O)[O-])cc(I)c2O)cc1. The summed E-state index contributed by atoms with van der Waals surface area (Å²) in [4.78, 5) is 23.0. The van der Waals surface area contributed by atoms with Crippen LogP contribution in [0.4, 0.5) is 11.4 Å². The number of carbonyl (C=O) groups excluding carboxylic acids is 1. The number of phenols is 1. The Bertz CT molecular complexity index is 1020. The zero-order valence-electron chi connectivity index (χ0n) is 13.7. The highest BCUT2D eigenvalue weighted by Crippen LogP contribution is 2.28. The van der Waals surface area contributed by atoms with Gasteiger partial charge in [-0.25, -0.2) is 4.83 Å². The van der Waals surface area contributed by atoms with Gasteiger partial charge in [0.05, 0.1) is 19.6 Å². The molecule has 0 heterocycles. The van der Waals surface area contributed by atoms with Crippen molar-refractivity contribution >= 4 is 56.1 Å². The predicted molar refractivity (Wildman–Crippen MR) is 106 cm³/mol. The topological polar surface area (TPSA) is 151 Å². The monoisotopic (exact) mass is 504 g/mol. The van der Waals surface area contributed by atoms with Crippen LogP contribution < -0.4 is 10.1 Å². The first-order valence-electron chi connectivity index (χ1n) is 7.19. The first-order chi connectivity index (χ1) is 12.6. The number of non-ortho nitro benzene ring substituents is 1. The molecule has 0 aromatic heterocycles. The van der Waals surface area contributed by atoms with Gasteiger partial charge < -0.3 is 10.4 Å². The quantitative estimate of drug-likeness (QED) is 0.238. The second kappa shape index (κ2) is 8.30. The highest BCUT2D eigenvalue weighted by Gasteiger charge is 2.15. The summed E-state index contributed by atoms with van der Waals surface area (Å²) in [6.45, 7) is 1.32. The van der Waals surface area contributed by atoms with Crippen LogP contribution in [0.1, 0.15) is 12.5 Å². The van der Waals surface area contributed by atoms with Gasteiger partial charge in [-0.1, -0.05) is 0 Å². The van der Waals surface area contributed by atoms with Gasteiger partial charge in [0.15, 0.2) is 0 Å². The number of rotatable bonds is 6. The van der Waals surface area contributed by atoms with Gasteiger partial charge in [0, 0.05) is 30.3 Å². The number of hydrogen-bond donors (Lipinski definition) is 3. The summed E-state index contributed by atoms with van der Waals surface area (Å²) in [6, 6.07) is 7.61. The maximum Gasteiger partial charge on any atom is 0.276 e. The summed E-state index contributed by atoms with van der Waals surface area (Å²) in [5, 5.41) is 26.8. The third-order valence-electron chi connectivity index (χ3n) is 3.15. The number of nitro benzene ring substituents is 1. The van der Waals surface area contributed by atoms with Crippen LogP contribution >= 0.6 is 22.6 Å². The number of halogens is 1. The first kappa shape index (κ1) is 20.6. The molecule has 27 heavy (non-hydrogen) atoms. The van der Waals surface area contributed by atoms with Crippen molar-refractivity contribution in [3.63, 3.8) is 0 Å². The minimum atomic E-state index is -4.00. The Morgan fingerprint density at radius 3 is 2.48 bits per heavy atom. The van der Waals surface area contributed by atoms with Crippen molar-refractivity contribution < 1.29 is 23.2 Å². The number of nitro groups is 1. The highest BCUT2D eigenvalue weighted by molar-refractivity contribution is 14.1. The Balaban J connectivity index is 2.20. The van der Waals surface area contributed by atoms with E-state index in [4.69, 9.17) is 0 Å². The Labute approximate surface area is 167 Å². The van der Waals surface area contributed by atoms with Gasteiger partial charge in [0.1, 0.15) is 5.75 Å². The molecule has 0 saturated carbocycles. The molecule has 0 aliphatic carbocycles. The fourth-order valence-corrected chi connectivity index (χ4v) is 3.37. The lowest BCUT2D eigenvalue weighted by Crippen LogP contribution is -2.18. The summed E-state index contributed by atoms with van der Waals surface area (Å²) in [6.07, 6.45) is 0.966. The van der Waals surface area contributed by atoms with Gasteiger partial charge in [-0.2, -0.15) is 13.5 Å². The number of carbonyl (C=O) groups is 1. The van der Waals surface area contributed by atoms with E-state index in [0.29, 0.717) is 5.69 Å². The van der Waals surface area contributed by atoms with Crippen LogP contribution in [-0.4, -0.2) is 30.6 Å². The summed E-state index contributed by atoms with van der Waals surface area (Å²) in [5.41, 5.74) is 0.147. The van der Waals surface area contributed by atoms with Gasteiger partial charge in [0.25, 0.3) is 15.7 Å². The van der Waals surface area contributed by atoms with E-state index < -0.39 is 14.9 Å². The van der Waals surface area contributed by atoms with E-state index in [1.165, 1.54) is 37.3 Å². The lowest BCUT2D eigenvalue weighted by atomic mass is 10.2. The van der Waals surface area contributed by atoms with Gasteiger partial charge in [-0.05, 0) is 46.9 Å². The lowest BCUT2D eigenvalue weighted by Gasteiger charge is -2.06. The van der Waals surface area contributed by atoms with E-state index in [1.54, 1.807) is 22.6 Å². The van der Waals surface area contributed by atoms with E-state index in [1.807, 2.05) is 4.83 Å². The molecule has 2 aromatic carbocycles. The molecule has 2 aromatic rings. The van der Waals surface area contributed by atoms with E-state index >= 15 is 0 Å². The minimum Gasteiger partial charge on any atom is -0.506 e. The molecule has 2 rings (SSSR count). The number of phenolic OH excluding ortho intramolecular Hbond substituents is 1. The van der Waals surface area contributed by atoms with Crippen LogP contribution in [0, 0.1) is 13.7 Å². The molecule has 0 aliphatic heterocycles. The number of hydrazone groups is 1. The number of benzene rings is 2. The number of hydrogen-bond acceptors (Lipinski definition) is 7. The number of aromatic hydroxyl groups is 1. The summed E-state index contributed by atoms with van der Waals surface area (Å²) in [5.74, 6) is -0.552. The van der Waals surface area contributed by atoms with Crippen molar-refractivity contribution in [3.05, 3.63) is 55.6 Å². The first-order valence-corrected chi connectivity index (χ1v) is 9.76. The number of nitrogens with zero attached hydrogens (tertiary/aromatic N) is 2. The van der Waals surface area contributed by atoms with E-state index in [2.05, 4.69) is 10.4 Å². The fourth-order valence-electron chi connectivity index (χ4n) is 1.95.